The van der Waals surface area contributed by atoms with E-state index in [1.165, 1.54) is 6.33 Å². The Labute approximate surface area is 219 Å². The van der Waals surface area contributed by atoms with Crippen LogP contribution in [-0.4, -0.2) is 50.9 Å². The van der Waals surface area contributed by atoms with Gasteiger partial charge in [-0.3, -0.25) is 14.5 Å². The fourth-order valence-electron chi connectivity index (χ4n) is 5.11. The average molecular weight is 526 g/mol. The Morgan fingerprint density at radius 1 is 1.05 bits per heavy atom. The molecule has 38 heavy (non-hydrogen) atoms. The minimum Gasteiger partial charge on any atom is -0.368 e. The van der Waals surface area contributed by atoms with E-state index in [2.05, 4.69) is 35.0 Å². The second-order valence-electron chi connectivity index (χ2n) is 8.97. The number of anilines is 2. The maximum Gasteiger partial charge on any atom is 0.284 e. The third-order valence-electron chi connectivity index (χ3n) is 6.78. The van der Waals surface area contributed by atoms with Crippen LogP contribution in [0.2, 0.25) is 5.02 Å². The van der Waals surface area contributed by atoms with E-state index >= 15 is 0 Å². The highest BCUT2D eigenvalue weighted by Crippen LogP contribution is 2.40. The highest BCUT2D eigenvalue weighted by molar-refractivity contribution is 6.33. The smallest absolute Gasteiger partial charge is 0.284 e. The molecule has 0 saturated carbocycles. The zero-order valence-electron chi connectivity index (χ0n) is 19.9. The molecule has 13 heteroatoms. The fourth-order valence-corrected chi connectivity index (χ4v) is 5.33. The largest absolute Gasteiger partial charge is 0.368 e. The second kappa shape index (κ2) is 8.63. The predicted octanol–water partition coefficient (Wildman–Crippen LogP) is 3.19. The third-order valence-corrected chi connectivity index (χ3v) is 7.09. The van der Waals surface area contributed by atoms with Crippen LogP contribution in [0.5, 0.6) is 0 Å². The molecule has 5 aromatic heterocycles. The molecule has 1 saturated heterocycles. The Hall–Kier alpha value is -4.84. The van der Waals surface area contributed by atoms with Crippen LogP contribution in [0.4, 0.5) is 11.8 Å². The van der Waals surface area contributed by atoms with Crippen molar-refractivity contribution < 1.29 is 0 Å². The van der Waals surface area contributed by atoms with E-state index in [4.69, 9.17) is 22.4 Å². The zero-order valence-corrected chi connectivity index (χ0v) is 20.6. The molecule has 7 rings (SSSR count). The van der Waals surface area contributed by atoms with Gasteiger partial charge in [-0.15, -0.1) is 0 Å². The first kappa shape index (κ1) is 22.4. The number of halogens is 1. The quantitative estimate of drug-likeness (QED) is 0.354. The molecule has 0 unspecified atom stereocenters. The van der Waals surface area contributed by atoms with Crippen LogP contribution in [0.15, 0.2) is 66.1 Å². The SMILES string of the molecule is Nc1ncc(-c2n[nH]c3ncnc(N4CCC[C@H]4c4nn5ccc(Cl)c5c(=O)n4-c4ccccc4)c23)cn1. The molecule has 1 aliphatic heterocycles. The Morgan fingerprint density at radius 2 is 1.87 bits per heavy atom. The molecule has 188 valence electrons. The Balaban J connectivity index is 1.44. The van der Waals surface area contributed by atoms with Crippen LogP contribution in [0.1, 0.15) is 24.7 Å². The van der Waals surface area contributed by atoms with Gasteiger partial charge in [0.2, 0.25) is 5.95 Å². The van der Waals surface area contributed by atoms with E-state index in [9.17, 15) is 4.79 Å². The summed E-state index contributed by atoms with van der Waals surface area (Å²) in [7, 11) is 0. The van der Waals surface area contributed by atoms with Crippen molar-refractivity contribution in [3.05, 3.63) is 82.5 Å². The van der Waals surface area contributed by atoms with Crippen molar-refractivity contribution in [2.75, 3.05) is 17.2 Å². The van der Waals surface area contributed by atoms with Gasteiger partial charge in [-0.25, -0.2) is 24.5 Å². The Morgan fingerprint density at radius 3 is 2.68 bits per heavy atom. The Bertz CT molecular complexity index is 1860. The van der Waals surface area contributed by atoms with Gasteiger partial charge in [0.05, 0.1) is 22.1 Å². The fraction of sp³-hybridized carbons (Fsp3) is 0.160. The number of benzene rings is 1. The summed E-state index contributed by atoms with van der Waals surface area (Å²) in [6, 6.07) is 10.9. The van der Waals surface area contributed by atoms with Gasteiger partial charge in [-0.05, 0) is 31.0 Å². The maximum atomic E-state index is 13.8. The summed E-state index contributed by atoms with van der Waals surface area (Å²) in [5.74, 6) is 1.44. The Kier molecular flexibility index (Phi) is 5.08. The highest BCUT2D eigenvalue weighted by Gasteiger charge is 2.34. The van der Waals surface area contributed by atoms with Crippen LogP contribution < -0.4 is 16.2 Å². The van der Waals surface area contributed by atoms with E-state index in [0.29, 0.717) is 51.3 Å². The molecule has 1 fully saturated rings. The summed E-state index contributed by atoms with van der Waals surface area (Å²) in [6.07, 6.45) is 8.09. The van der Waals surface area contributed by atoms with Crippen molar-refractivity contribution >= 4 is 39.9 Å². The topological polar surface area (TPSA) is 149 Å². The first-order valence-electron chi connectivity index (χ1n) is 12.0. The molecule has 6 aromatic rings. The summed E-state index contributed by atoms with van der Waals surface area (Å²) in [6.45, 7) is 0.703. The normalized spacial score (nSPS) is 15.6. The van der Waals surface area contributed by atoms with Gasteiger partial charge in [-0.1, -0.05) is 29.8 Å². The first-order chi connectivity index (χ1) is 18.6. The molecule has 12 nitrogen and oxygen atoms in total. The van der Waals surface area contributed by atoms with E-state index < -0.39 is 0 Å². The van der Waals surface area contributed by atoms with Crippen molar-refractivity contribution in [2.45, 2.75) is 18.9 Å². The summed E-state index contributed by atoms with van der Waals surface area (Å²) in [4.78, 5) is 33.2. The lowest BCUT2D eigenvalue weighted by Gasteiger charge is -2.27. The summed E-state index contributed by atoms with van der Waals surface area (Å²) >= 11 is 6.38. The maximum absolute atomic E-state index is 13.8. The molecular weight excluding hydrogens is 506 g/mol. The third kappa shape index (κ3) is 3.41. The molecule has 1 aliphatic rings. The number of aromatic nitrogens is 9. The lowest BCUT2D eigenvalue weighted by molar-refractivity contribution is 0.602. The number of nitrogens with zero attached hydrogens (tertiary/aromatic N) is 9. The molecule has 1 aromatic carbocycles. The van der Waals surface area contributed by atoms with Gasteiger partial charge in [0.25, 0.3) is 5.56 Å². The van der Waals surface area contributed by atoms with E-state index in [1.807, 2.05) is 30.3 Å². The number of nitrogen functional groups attached to an aromatic ring is 1. The van der Waals surface area contributed by atoms with E-state index in [0.717, 1.165) is 18.2 Å². The van der Waals surface area contributed by atoms with E-state index in [1.54, 1.807) is 33.7 Å². The monoisotopic (exact) mass is 525 g/mol. The first-order valence-corrected chi connectivity index (χ1v) is 12.4. The van der Waals surface area contributed by atoms with Gasteiger partial charge in [-0.2, -0.15) is 10.2 Å². The molecule has 1 atom stereocenters. The van der Waals surface area contributed by atoms with Gasteiger partial charge in [0, 0.05) is 30.7 Å². The predicted molar refractivity (Wildman–Crippen MR) is 142 cm³/mol. The number of hydrogen-bond acceptors (Lipinski definition) is 9. The van der Waals surface area contributed by atoms with Crippen molar-refractivity contribution in [3.63, 3.8) is 0 Å². The highest BCUT2D eigenvalue weighted by atomic mass is 35.5. The number of hydrogen-bond donors (Lipinski definition) is 2. The van der Waals surface area contributed by atoms with Crippen molar-refractivity contribution in [2.24, 2.45) is 0 Å². The molecule has 0 aliphatic carbocycles. The van der Waals surface area contributed by atoms with Crippen LogP contribution >= 0.6 is 11.6 Å². The standard InChI is InChI=1S/C25H20ClN11O/c26-16-8-10-36-20(16)24(38)37(15-5-2-1-3-6-15)22(34-36)17-7-4-9-35(17)23-18-19(14-11-28-25(27)29-12-14)32-33-21(18)30-13-31-23/h1-3,5-6,8,10-13,17H,4,7,9H2,(H2,27,28,29)(H,30,31,32,33)/t17-/m0/s1. The number of fused-ring (bicyclic) bond motifs is 2. The van der Waals surface area contributed by atoms with Crippen LogP contribution in [0.25, 0.3) is 33.5 Å². The number of H-pyrrole nitrogens is 1. The van der Waals surface area contributed by atoms with Gasteiger partial charge < -0.3 is 10.6 Å². The minimum absolute atomic E-state index is 0.176. The number of para-hydroxylation sites is 1. The van der Waals surface area contributed by atoms with Crippen molar-refractivity contribution in [1.29, 1.82) is 0 Å². The van der Waals surface area contributed by atoms with Crippen molar-refractivity contribution in [3.8, 4) is 16.9 Å². The van der Waals surface area contributed by atoms with Crippen molar-refractivity contribution in [1.82, 2.24) is 44.3 Å². The number of nitrogens with two attached hydrogens (primary N) is 1. The average Bonchev–Trinajstić information content (AvgIpc) is 3.68. The summed E-state index contributed by atoms with van der Waals surface area (Å²) in [5, 5.41) is 13.5. The van der Waals surface area contributed by atoms with Crippen LogP contribution in [-0.2, 0) is 0 Å². The van der Waals surface area contributed by atoms with Gasteiger partial charge in [0.15, 0.2) is 11.5 Å². The number of aromatic amines is 1. The van der Waals surface area contributed by atoms with Crippen LogP contribution in [0.3, 0.4) is 0 Å². The number of nitrogens with one attached hydrogen (secondary N) is 1. The van der Waals surface area contributed by atoms with Crippen LogP contribution in [0, 0.1) is 0 Å². The lowest BCUT2D eigenvalue weighted by atomic mass is 10.1. The number of rotatable bonds is 4. The van der Waals surface area contributed by atoms with Gasteiger partial charge >= 0.3 is 0 Å². The van der Waals surface area contributed by atoms with E-state index in [-0.39, 0.29) is 17.5 Å². The lowest BCUT2D eigenvalue weighted by Crippen LogP contribution is -2.33. The molecule has 0 spiro atoms. The molecular formula is C25H20ClN11O. The summed E-state index contributed by atoms with van der Waals surface area (Å²) < 4.78 is 3.20. The molecule has 3 N–H and O–H groups in total. The zero-order chi connectivity index (χ0) is 25.8. The molecule has 6 heterocycles. The molecule has 0 radical (unpaired) electrons. The summed E-state index contributed by atoms with van der Waals surface area (Å²) in [5.41, 5.74) is 8.36. The molecule has 0 bridgehead atoms. The minimum atomic E-state index is -0.253. The molecule has 0 amide bonds. The second-order valence-corrected chi connectivity index (χ2v) is 9.37. The van der Waals surface area contributed by atoms with Gasteiger partial charge in [0.1, 0.15) is 23.4 Å².